The van der Waals surface area contributed by atoms with Gasteiger partial charge in [-0.1, -0.05) is 41.4 Å². The molecule has 0 amide bonds. The van der Waals surface area contributed by atoms with Crippen molar-refractivity contribution in [2.24, 2.45) is 0 Å². The van der Waals surface area contributed by atoms with Crippen LogP contribution in [0.2, 0.25) is 10.0 Å². The van der Waals surface area contributed by atoms with Crippen molar-refractivity contribution in [3.63, 3.8) is 0 Å². The van der Waals surface area contributed by atoms with E-state index < -0.39 is 5.82 Å². The Balaban J connectivity index is 1.89. The van der Waals surface area contributed by atoms with Gasteiger partial charge in [0, 0.05) is 21.2 Å². The Bertz CT molecular complexity index is 768. The van der Waals surface area contributed by atoms with E-state index in [2.05, 4.69) is 15.4 Å². The highest BCUT2D eigenvalue weighted by Gasteiger charge is 2.11. The van der Waals surface area contributed by atoms with Gasteiger partial charge in [-0.3, -0.25) is 0 Å². The summed E-state index contributed by atoms with van der Waals surface area (Å²) in [5.41, 5.74) is 1.07. The van der Waals surface area contributed by atoms with E-state index in [1.54, 1.807) is 30.3 Å². The molecule has 0 aliphatic carbocycles. The van der Waals surface area contributed by atoms with Crippen LogP contribution in [-0.4, -0.2) is 20.2 Å². The van der Waals surface area contributed by atoms with Gasteiger partial charge in [0.15, 0.2) is 0 Å². The fourth-order valence-corrected chi connectivity index (χ4v) is 2.29. The van der Waals surface area contributed by atoms with Gasteiger partial charge in [0.05, 0.1) is 6.54 Å². The fraction of sp³-hybridized carbons (Fsp3) is 0.0714. The van der Waals surface area contributed by atoms with E-state index in [-0.39, 0.29) is 6.54 Å². The van der Waals surface area contributed by atoms with Crippen molar-refractivity contribution in [3.8, 4) is 11.4 Å². The zero-order chi connectivity index (χ0) is 14.8. The van der Waals surface area contributed by atoms with Gasteiger partial charge >= 0.3 is 0 Å². The third-order valence-corrected chi connectivity index (χ3v) is 3.49. The minimum atomic E-state index is -0.399. The van der Waals surface area contributed by atoms with Crippen LogP contribution in [0.1, 0.15) is 5.56 Å². The van der Waals surface area contributed by atoms with E-state index >= 15 is 0 Å². The molecule has 3 aromatic rings. The highest BCUT2D eigenvalue weighted by molar-refractivity contribution is 6.31. The molecule has 0 bridgehead atoms. The zero-order valence-corrected chi connectivity index (χ0v) is 12.2. The molecule has 0 spiro atoms. The summed E-state index contributed by atoms with van der Waals surface area (Å²) in [4.78, 5) is 1.29. The van der Waals surface area contributed by atoms with Crippen LogP contribution in [0.4, 0.5) is 4.39 Å². The molecular weight excluding hydrogens is 314 g/mol. The highest BCUT2D eigenvalue weighted by atomic mass is 35.5. The average Bonchev–Trinajstić information content (AvgIpc) is 2.92. The number of rotatable bonds is 3. The number of nitrogens with zero attached hydrogens (tertiary/aromatic N) is 4. The average molecular weight is 323 g/mol. The second-order valence-electron chi connectivity index (χ2n) is 4.35. The molecule has 0 fully saturated rings. The predicted molar refractivity (Wildman–Crippen MR) is 78.8 cm³/mol. The number of hydrogen-bond acceptors (Lipinski definition) is 3. The van der Waals surface area contributed by atoms with Crippen molar-refractivity contribution in [2.75, 3.05) is 0 Å². The lowest BCUT2D eigenvalue weighted by Crippen LogP contribution is -2.06. The summed E-state index contributed by atoms with van der Waals surface area (Å²) in [6.07, 6.45) is 0. The van der Waals surface area contributed by atoms with Crippen molar-refractivity contribution < 1.29 is 4.39 Å². The Kier molecular flexibility index (Phi) is 3.86. The first-order valence-electron chi connectivity index (χ1n) is 6.10. The summed E-state index contributed by atoms with van der Waals surface area (Å²) in [7, 11) is 0. The fourth-order valence-electron chi connectivity index (χ4n) is 1.88. The monoisotopic (exact) mass is 322 g/mol. The van der Waals surface area contributed by atoms with Gasteiger partial charge in [-0.2, -0.15) is 4.80 Å². The van der Waals surface area contributed by atoms with Gasteiger partial charge in [-0.25, -0.2) is 4.39 Å². The summed E-state index contributed by atoms with van der Waals surface area (Å²) in [5.74, 6) is 0.0223. The van der Waals surface area contributed by atoms with Gasteiger partial charge in [0.25, 0.3) is 0 Å². The second kappa shape index (κ2) is 5.79. The van der Waals surface area contributed by atoms with E-state index in [1.807, 2.05) is 6.07 Å². The molecule has 1 heterocycles. The normalized spacial score (nSPS) is 10.8. The third kappa shape index (κ3) is 3.04. The van der Waals surface area contributed by atoms with E-state index in [0.29, 0.717) is 21.4 Å². The smallest absolute Gasteiger partial charge is 0.204 e. The summed E-state index contributed by atoms with van der Waals surface area (Å²) >= 11 is 11.9. The minimum Gasteiger partial charge on any atom is -0.207 e. The molecule has 2 aromatic carbocycles. The minimum absolute atomic E-state index is 0.110. The van der Waals surface area contributed by atoms with Crippen LogP contribution in [-0.2, 0) is 6.54 Å². The molecule has 4 nitrogen and oxygen atoms in total. The maximum absolute atomic E-state index is 13.7. The molecular formula is C14H9Cl2FN4. The predicted octanol–water partition coefficient (Wildman–Crippen LogP) is 3.83. The van der Waals surface area contributed by atoms with E-state index in [4.69, 9.17) is 23.2 Å². The number of tetrazole rings is 1. The standard InChI is InChI=1S/C14H9Cl2FN4/c15-10-4-1-3-9(7-10)14-18-20-21(19-14)8-11-12(16)5-2-6-13(11)17/h1-7H,8H2. The van der Waals surface area contributed by atoms with Crippen LogP contribution in [0, 0.1) is 5.82 Å². The summed E-state index contributed by atoms with van der Waals surface area (Å²) in [5, 5.41) is 13.0. The first-order valence-corrected chi connectivity index (χ1v) is 6.86. The van der Waals surface area contributed by atoms with Crippen molar-refractivity contribution in [1.82, 2.24) is 20.2 Å². The summed E-state index contributed by atoms with van der Waals surface area (Å²) < 4.78 is 13.7. The van der Waals surface area contributed by atoms with E-state index in [0.717, 1.165) is 5.56 Å². The van der Waals surface area contributed by atoms with Gasteiger partial charge in [0.1, 0.15) is 5.82 Å². The van der Waals surface area contributed by atoms with Crippen molar-refractivity contribution in [3.05, 3.63) is 63.9 Å². The Labute approximate surface area is 130 Å². The number of aromatic nitrogens is 4. The molecule has 21 heavy (non-hydrogen) atoms. The molecule has 0 aliphatic heterocycles. The van der Waals surface area contributed by atoms with Crippen LogP contribution in [0.3, 0.4) is 0 Å². The number of halogens is 3. The van der Waals surface area contributed by atoms with Crippen LogP contribution in [0.25, 0.3) is 11.4 Å². The molecule has 0 N–H and O–H groups in total. The SMILES string of the molecule is Fc1cccc(Cl)c1Cn1nnc(-c2cccc(Cl)c2)n1. The Hall–Kier alpha value is -1.98. The van der Waals surface area contributed by atoms with Crippen molar-refractivity contribution in [2.45, 2.75) is 6.54 Å². The lowest BCUT2D eigenvalue weighted by molar-refractivity contribution is 0.539. The highest BCUT2D eigenvalue weighted by Crippen LogP contribution is 2.21. The zero-order valence-electron chi connectivity index (χ0n) is 10.7. The molecule has 1 aromatic heterocycles. The quantitative estimate of drug-likeness (QED) is 0.736. The molecule has 3 rings (SSSR count). The Morgan fingerprint density at radius 1 is 1.10 bits per heavy atom. The number of hydrogen-bond donors (Lipinski definition) is 0. The molecule has 0 saturated heterocycles. The van der Waals surface area contributed by atoms with Gasteiger partial charge < -0.3 is 0 Å². The molecule has 0 atom stereocenters. The van der Waals surface area contributed by atoms with Gasteiger partial charge in [-0.15, -0.1) is 10.2 Å². The molecule has 0 unspecified atom stereocenters. The maximum Gasteiger partial charge on any atom is 0.204 e. The van der Waals surface area contributed by atoms with Gasteiger partial charge in [0.2, 0.25) is 5.82 Å². The first-order chi connectivity index (χ1) is 10.1. The Morgan fingerprint density at radius 2 is 1.90 bits per heavy atom. The van der Waals surface area contributed by atoms with Crippen LogP contribution in [0.15, 0.2) is 42.5 Å². The second-order valence-corrected chi connectivity index (χ2v) is 5.20. The van der Waals surface area contributed by atoms with Gasteiger partial charge in [-0.05, 0) is 29.5 Å². The van der Waals surface area contributed by atoms with Crippen molar-refractivity contribution >= 4 is 23.2 Å². The molecule has 0 aliphatic rings. The lowest BCUT2D eigenvalue weighted by Gasteiger charge is -2.03. The van der Waals surface area contributed by atoms with Crippen LogP contribution < -0.4 is 0 Å². The largest absolute Gasteiger partial charge is 0.207 e. The number of benzene rings is 2. The van der Waals surface area contributed by atoms with E-state index in [1.165, 1.54) is 10.9 Å². The van der Waals surface area contributed by atoms with Crippen molar-refractivity contribution in [1.29, 1.82) is 0 Å². The molecule has 7 heteroatoms. The topological polar surface area (TPSA) is 43.6 Å². The summed E-state index contributed by atoms with van der Waals surface area (Å²) in [6, 6.07) is 11.6. The molecule has 0 radical (unpaired) electrons. The lowest BCUT2D eigenvalue weighted by atomic mass is 10.2. The first kappa shape index (κ1) is 14.0. The maximum atomic E-state index is 13.7. The van der Waals surface area contributed by atoms with Crippen LogP contribution in [0.5, 0.6) is 0 Å². The van der Waals surface area contributed by atoms with E-state index in [9.17, 15) is 4.39 Å². The summed E-state index contributed by atoms with van der Waals surface area (Å²) in [6.45, 7) is 0.110. The molecule has 106 valence electrons. The van der Waals surface area contributed by atoms with Crippen LogP contribution >= 0.6 is 23.2 Å². The third-order valence-electron chi connectivity index (χ3n) is 2.90. The molecule has 0 saturated carbocycles. The Morgan fingerprint density at radius 3 is 2.67 bits per heavy atom.